The average Bonchev–Trinajstić information content (AvgIpc) is 3.40. The molecule has 0 aliphatic heterocycles. The SMILES string of the molecule is CCCCCCCOc1ccc(-c2csc(-c3ccc(CC(NC(=O)OC(C)(C)C)C(=O)OC)cc3)n2)cc1. The van der Waals surface area contributed by atoms with Crippen LogP contribution in [-0.4, -0.2) is 42.4 Å². The molecule has 0 fully saturated rings. The maximum Gasteiger partial charge on any atom is 0.408 e. The quantitative estimate of drug-likeness (QED) is 0.175. The predicted molar refractivity (Wildman–Crippen MR) is 156 cm³/mol. The van der Waals surface area contributed by atoms with Crippen LogP contribution in [0.15, 0.2) is 53.9 Å². The highest BCUT2D eigenvalue weighted by atomic mass is 32.1. The third-order valence-corrected chi connectivity index (χ3v) is 6.88. The Morgan fingerprint density at radius 2 is 1.62 bits per heavy atom. The van der Waals surface area contributed by atoms with Crippen molar-refractivity contribution in [1.29, 1.82) is 0 Å². The second-order valence-corrected chi connectivity index (χ2v) is 11.3. The van der Waals surface area contributed by atoms with Gasteiger partial charge in [0, 0.05) is 22.9 Å². The highest BCUT2D eigenvalue weighted by Crippen LogP contribution is 2.30. The van der Waals surface area contributed by atoms with Crippen LogP contribution in [0.2, 0.25) is 0 Å². The molecule has 3 rings (SSSR count). The van der Waals surface area contributed by atoms with E-state index in [1.807, 2.05) is 53.9 Å². The molecule has 0 saturated carbocycles. The summed E-state index contributed by atoms with van der Waals surface area (Å²) in [6, 6.07) is 15.0. The van der Waals surface area contributed by atoms with Gasteiger partial charge < -0.3 is 19.5 Å². The lowest BCUT2D eigenvalue weighted by Gasteiger charge is -2.22. The van der Waals surface area contributed by atoms with Gasteiger partial charge in [-0.3, -0.25) is 0 Å². The van der Waals surface area contributed by atoms with Crippen molar-refractivity contribution in [3.05, 3.63) is 59.5 Å². The molecule has 2 aromatic carbocycles. The second kappa shape index (κ2) is 14.7. The van der Waals surface area contributed by atoms with Gasteiger partial charge in [-0.25, -0.2) is 14.6 Å². The number of carbonyl (C=O) groups is 2. The summed E-state index contributed by atoms with van der Waals surface area (Å²) in [4.78, 5) is 29.3. The number of thiazole rings is 1. The molecule has 1 unspecified atom stereocenters. The first-order valence-electron chi connectivity index (χ1n) is 13.5. The van der Waals surface area contributed by atoms with Gasteiger partial charge in [-0.15, -0.1) is 11.3 Å². The third kappa shape index (κ3) is 10.0. The van der Waals surface area contributed by atoms with E-state index in [9.17, 15) is 9.59 Å². The summed E-state index contributed by atoms with van der Waals surface area (Å²) in [5.41, 5.74) is 3.15. The van der Waals surface area contributed by atoms with Crippen molar-refractivity contribution in [2.45, 2.75) is 77.9 Å². The van der Waals surface area contributed by atoms with Gasteiger partial charge in [-0.05, 0) is 57.0 Å². The summed E-state index contributed by atoms with van der Waals surface area (Å²) in [5, 5.41) is 5.56. The maximum atomic E-state index is 12.3. The lowest BCUT2D eigenvalue weighted by atomic mass is 10.0. The molecule has 3 aromatic rings. The van der Waals surface area contributed by atoms with Gasteiger partial charge in [0.1, 0.15) is 22.4 Å². The van der Waals surface area contributed by atoms with Crippen LogP contribution in [0.4, 0.5) is 4.79 Å². The van der Waals surface area contributed by atoms with Crippen LogP contribution >= 0.6 is 11.3 Å². The molecule has 210 valence electrons. The van der Waals surface area contributed by atoms with Gasteiger partial charge in [0.2, 0.25) is 0 Å². The first-order chi connectivity index (χ1) is 18.7. The molecule has 0 aliphatic rings. The number of aromatic nitrogens is 1. The minimum absolute atomic E-state index is 0.280. The molecule has 0 spiro atoms. The summed E-state index contributed by atoms with van der Waals surface area (Å²) in [6.07, 6.45) is 5.72. The Bertz CT molecular complexity index is 1180. The number of rotatable bonds is 13. The third-order valence-electron chi connectivity index (χ3n) is 5.99. The number of amides is 1. The number of unbranched alkanes of at least 4 members (excludes halogenated alkanes) is 4. The fraction of sp³-hybridized carbons (Fsp3) is 0.452. The van der Waals surface area contributed by atoms with Crippen LogP contribution in [0.3, 0.4) is 0 Å². The number of ether oxygens (including phenoxy) is 3. The van der Waals surface area contributed by atoms with Crippen LogP contribution in [0.25, 0.3) is 21.8 Å². The highest BCUT2D eigenvalue weighted by molar-refractivity contribution is 7.13. The van der Waals surface area contributed by atoms with Crippen molar-refractivity contribution >= 4 is 23.4 Å². The zero-order chi connectivity index (χ0) is 28.3. The Balaban J connectivity index is 1.58. The number of nitrogens with one attached hydrogen (secondary N) is 1. The Kier molecular flexibility index (Phi) is 11.3. The number of esters is 1. The van der Waals surface area contributed by atoms with Gasteiger partial charge in [0.15, 0.2) is 0 Å². The van der Waals surface area contributed by atoms with E-state index in [0.29, 0.717) is 0 Å². The lowest BCUT2D eigenvalue weighted by molar-refractivity contribution is -0.143. The Labute approximate surface area is 235 Å². The topological polar surface area (TPSA) is 86.8 Å². The van der Waals surface area contributed by atoms with Gasteiger partial charge in [-0.2, -0.15) is 0 Å². The van der Waals surface area contributed by atoms with Gasteiger partial charge in [-0.1, -0.05) is 56.9 Å². The molecule has 39 heavy (non-hydrogen) atoms. The molecule has 7 nitrogen and oxygen atoms in total. The van der Waals surface area contributed by atoms with Gasteiger partial charge >= 0.3 is 12.1 Å². The van der Waals surface area contributed by atoms with E-state index < -0.39 is 23.7 Å². The monoisotopic (exact) mass is 552 g/mol. The van der Waals surface area contributed by atoms with E-state index in [-0.39, 0.29) is 6.42 Å². The zero-order valence-electron chi connectivity index (χ0n) is 23.6. The largest absolute Gasteiger partial charge is 0.494 e. The molecular formula is C31H40N2O5S. The van der Waals surface area contributed by atoms with Crippen molar-refractivity contribution in [2.75, 3.05) is 13.7 Å². The standard InChI is InChI=1S/C31H40N2O5S/c1-6-7-8-9-10-19-37-25-17-15-23(16-18-25)27-21-39-28(32-27)24-13-11-22(12-14-24)20-26(29(34)36-5)33-30(35)38-31(2,3)4/h11-18,21,26H,6-10,19-20H2,1-5H3,(H,33,35). The van der Waals surface area contributed by atoms with Crippen LogP contribution < -0.4 is 10.1 Å². The fourth-order valence-corrected chi connectivity index (χ4v) is 4.80. The number of methoxy groups -OCH3 is 1. The summed E-state index contributed by atoms with van der Waals surface area (Å²) in [5.74, 6) is 0.351. The Hall–Kier alpha value is -3.39. The Morgan fingerprint density at radius 1 is 0.949 bits per heavy atom. The average molecular weight is 553 g/mol. The summed E-state index contributed by atoms with van der Waals surface area (Å²) < 4.78 is 16.0. The summed E-state index contributed by atoms with van der Waals surface area (Å²) in [6.45, 7) is 8.27. The molecule has 8 heteroatoms. The fourth-order valence-electron chi connectivity index (χ4n) is 3.96. The zero-order valence-corrected chi connectivity index (χ0v) is 24.4. The molecule has 0 radical (unpaired) electrons. The molecule has 0 bridgehead atoms. The highest BCUT2D eigenvalue weighted by Gasteiger charge is 2.25. The first kappa shape index (κ1) is 30.2. The van der Waals surface area contributed by atoms with E-state index >= 15 is 0 Å². The normalized spacial score (nSPS) is 12.0. The number of hydrogen-bond acceptors (Lipinski definition) is 7. The van der Waals surface area contributed by atoms with E-state index in [0.717, 1.165) is 46.2 Å². The summed E-state index contributed by atoms with van der Waals surface area (Å²) in [7, 11) is 1.30. The second-order valence-electron chi connectivity index (χ2n) is 10.4. The smallest absolute Gasteiger partial charge is 0.408 e. The van der Waals surface area contributed by atoms with Crippen molar-refractivity contribution < 1.29 is 23.8 Å². The number of alkyl carbamates (subject to hydrolysis) is 1. The number of benzene rings is 2. The first-order valence-corrected chi connectivity index (χ1v) is 14.4. The van der Waals surface area contributed by atoms with Crippen LogP contribution in [0, 0.1) is 0 Å². The van der Waals surface area contributed by atoms with Crippen LogP contribution in [0.1, 0.15) is 65.4 Å². The van der Waals surface area contributed by atoms with Crippen molar-refractivity contribution in [2.24, 2.45) is 0 Å². The van der Waals surface area contributed by atoms with E-state index in [1.54, 1.807) is 32.1 Å². The van der Waals surface area contributed by atoms with Crippen molar-refractivity contribution in [3.63, 3.8) is 0 Å². The lowest BCUT2D eigenvalue weighted by Crippen LogP contribution is -2.45. The number of hydrogen-bond donors (Lipinski definition) is 1. The van der Waals surface area contributed by atoms with E-state index in [1.165, 1.54) is 32.8 Å². The van der Waals surface area contributed by atoms with Crippen LogP contribution in [-0.2, 0) is 20.7 Å². The van der Waals surface area contributed by atoms with Crippen molar-refractivity contribution in [3.8, 4) is 27.6 Å². The molecule has 1 heterocycles. The molecule has 1 aromatic heterocycles. The molecule has 0 saturated heterocycles. The minimum atomic E-state index is -0.852. The predicted octanol–water partition coefficient (Wildman–Crippen LogP) is 7.44. The molecule has 1 amide bonds. The summed E-state index contributed by atoms with van der Waals surface area (Å²) >= 11 is 1.58. The number of nitrogens with zero attached hydrogens (tertiary/aromatic N) is 1. The van der Waals surface area contributed by atoms with E-state index in [2.05, 4.69) is 12.2 Å². The van der Waals surface area contributed by atoms with Crippen molar-refractivity contribution in [1.82, 2.24) is 10.3 Å². The minimum Gasteiger partial charge on any atom is -0.494 e. The van der Waals surface area contributed by atoms with Gasteiger partial charge in [0.05, 0.1) is 19.4 Å². The Morgan fingerprint density at radius 3 is 2.26 bits per heavy atom. The number of carbonyl (C=O) groups excluding carboxylic acids is 2. The maximum absolute atomic E-state index is 12.3. The molecule has 1 N–H and O–H groups in total. The molecule has 1 atom stereocenters. The van der Waals surface area contributed by atoms with Gasteiger partial charge in [0.25, 0.3) is 0 Å². The van der Waals surface area contributed by atoms with Crippen LogP contribution in [0.5, 0.6) is 5.75 Å². The molecular weight excluding hydrogens is 512 g/mol. The van der Waals surface area contributed by atoms with E-state index in [4.69, 9.17) is 19.2 Å². The molecule has 0 aliphatic carbocycles.